The minimum Gasteiger partial charge on any atom is -0.480 e. The predicted molar refractivity (Wildman–Crippen MR) is 68.8 cm³/mol. The van der Waals surface area contributed by atoms with Gasteiger partial charge in [0.05, 0.1) is 19.3 Å². The molecule has 0 bridgehead atoms. The summed E-state index contributed by atoms with van der Waals surface area (Å²) in [5, 5.41) is 11.7. The molecule has 0 aliphatic carbocycles. The summed E-state index contributed by atoms with van der Waals surface area (Å²) in [5.41, 5.74) is 0. The number of hydrogen-bond donors (Lipinski definition) is 2. The van der Waals surface area contributed by atoms with Crippen LogP contribution in [0.1, 0.15) is 33.1 Å². The van der Waals surface area contributed by atoms with Crippen molar-refractivity contribution in [2.24, 2.45) is 5.92 Å². The standard InChI is InChI=1S/C13H23NO5/c1-9(2)19-7-5-11(15)14-12(13(16)17)10-4-3-6-18-8-10/h9-10,12H,3-8H2,1-2H3,(H,14,15)(H,16,17). The second kappa shape index (κ2) is 8.12. The fourth-order valence-corrected chi connectivity index (χ4v) is 2.04. The number of carbonyl (C=O) groups is 2. The maximum Gasteiger partial charge on any atom is 0.326 e. The summed E-state index contributed by atoms with van der Waals surface area (Å²) in [7, 11) is 0. The lowest BCUT2D eigenvalue weighted by molar-refractivity contribution is -0.145. The minimum absolute atomic E-state index is 0.0646. The van der Waals surface area contributed by atoms with Gasteiger partial charge in [-0.15, -0.1) is 0 Å². The fourth-order valence-electron chi connectivity index (χ4n) is 2.04. The molecule has 1 amide bonds. The minimum atomic E-state index is -1.01. The van der Waals surface area contributed by atoms with Gasteiger partial charge in [0.25, 0.3) is 0 Å². The summed E-state index contributed by atoms with van der Waals surface area (Å²) < 4.78 is 10.5. The zero-order valence-corrected chi connectivity index (χ0v) is 11.6. The lowest BCUT2D eigenvalue weighted by Crippen LogP contribution is -2.48. The smallest absolute Gasteiger partial charge is 0.326 e. The average Bonchev–Trinajstić information content (AvgIpc) is 2.36. The van der Waals surface area contributed by atoms with Crippen LogP contribution in [-0.2, 0) is 19.1 Å². The Morgan fingerprint density at radius 1 is 1.47 bits per heavy atom. The van der Waals surface area contributed by atoms with E-state index in [4.69, 9.17) is 9.47 Å². The van der Waals surface area contributed by atoms with Crippen LogP contribution in [0.2, 0.25) is 0 Å². The summed E-state index contributed by atoms with van der Waals surface area (Å²) in [4.78, 5) is 22.9. The van der Waals surface area contributed by atoms with Crippen LogP contribution < -0.4 is 5.32 Å². The molecular weight excluding hydrogens is 250 g/mol. The van der Waals surface area contributed by atoms with Gasteiger partial charge in [0.2, 0.25) is 5.91 Å². The molecule has 6 heteroatoms. The van der Waals surface area contributed by atoms with Crippen LogP contribution in [0.4, 0.5) is 0 Å². The third-order valence-electron chi connectivity index (χ3n) is 3.03. The Labute approximate surface area is 113 Å². The van der Waals surface area contributed by atoms with E-state index in [-0.39, 0.29) is 24.3 Å². The number of carbonyl (C=O) groups excluding carboxylic acids is 1. The number of rotatable bonds is 7. The maximum absolute atomic E-state index is 11.7. The number of hydrogen-bond acceptors (Lipinski definition) is 4. The van der Waals surface area contributed by atoms with Gasteiger partial charge in [-0.25, -0.2) is 4.79 Å². The van der Waals surface area contributed by atoms with Crippen molar-refractivity contribution in [1.29, 1.82) is 0 Å². The second-order valence-electron chi connectivity index (χ2n) is 5.03. The second-order valence-corrected chi connectivity index (χ2v) is 5.03. The Kier molecular flexibility index (Phi) is 6.80. The molecule has 6 nitrogen and oxygen atoms in total. The number of ether oxygens (including phenoxy) is 2. The Morgan fingerprint density at radius 2 is 2.21 bits per heavy atom. The summed E-state index contributed by atoms with van der Waals surface area (Å²) in [6, 6.07) is -0.869. The highest BCUT2D eigenvalue weighted by Crippen LogP contribution is 2.17. The quantitative estimate of drug-likeness (QED) is 0.716. The van der Waals surface area contributed by atoms with Gasteiger partial charge in [0.1, 0.15) is 6.04 Å². The molecule has 1 fully saturated rings. The molecule has 110 valence electrons. The molecule has 0 aromatic rings. The van der Waals surface area contributed by atoms with Gasteiger partial charge in [-0.2, -0.15) is 0 Å². The molecule has 1 aliphatic heterocycles. The molecule has 19 heavy (non-hydrogen) atoms. The Hall–Kier alpha value is -1.14. The topological polar surface area (TPSA) is 84.9 Å². The van der Waals surface area contributed by atoms with E-state index in [1.807, 2.05) is 13.8 Å². The summed E-state index contributed by atoms with van der Waals surface area (Å²) in [5.74, 6) is -1.45. The first-order valence-corrected chi connectivity index (χ1v) is 6.72. The monoisotopic (exact) mass is 273 g/mol. The molecule has 0 spiro atoms. The van der Waals surface area contributed by atoms with Crippen molar-refractivity contribution in [3.8, 4) is 0 Å². The van der Waals surface area contributed by atoms with Crippen LogP contribution in [0.5, 0.6) is 0 Å². The van der Waals surface area contributed by atoms with Gasteiger partial charge in [-0.3, -0.25) is 4.79 Å². The highest BCUT2D eigenvalue weighted by atomic mass is 16.5. The van der Waals surface area contributed by atoms with Crippen molar-refractivity contribution in [1.82, 2.24) is 5.32 Å². The fraction of sp³-hybridized carbons (Fsp3) is 0.846. The van der Waals surface area contributed by atoms with Gasteiger partial charge in [0, 0.05) is 18.9 Å². The SMILES string of the molecule is CC(C)OCCC(=O)NC(C(=O)O)C1CCCOC1. The highest BCUT2D eigenvalue weighted by molar-refractivity contribution is 5.83. The van der Waals surface area contributed by atoms with Crippen LogP contribution in [0.3, 0.4) is 0 Å². The molecule has 1 saturated heterocycles. The van der Waals surface area contributed by atoms with E-state index in [0.717, 1.165) is 12.8 Å². The normalized spacial score (nSPS) is 21.1. The van der Waals surface area contributed by atoms with E-state index in [1.54, 1.807) is 0 Å². The molecule has 0 saturated carbocycles. The number of carboxylic acid groups (broad SMARTS) is 1. The van der Waals surface area contributed by atoms with Gasteiger partial charge >= 0.3 is 5.97 Å². The Bertz CT molecular complexity index is 299. The lowest BCUT2D eigenvalue weighted by Gasteiger charge is -2.28. The molecule has 0 aromatic heterocycles. The Morgan fingerprint density at radius 3 is 2.74 bits per heavy atom. The molecule has 0 radical (unpaired) electrons. The molecule has 1 aliphatic rings. The van der Waals surface area contributed by atoms with Crippen molar-refractivity contribution in [3.63, 3.8) is 0 Å². The third-order valence-corrected chi connectivity index (χ3v) is 3.03. The van der Waals surface area contributed by atoms with E-state index in [9.17, 15) is 14.7 Å². The molecule has 1 heterocycles. The molecule has 1 rings (SSSR count). The molecule has 0 aromatic carbocycles. The average molecular weight is 273 g/mol. The molecule has 2 unspecified atom stereocenters. The first-order chi connectivity index (χ1) is 9.00. The summed E-state index contributed by atoms with van der Waals surface area (Å²) >= 11 is 0. The zero-order chi connectivity index (χ0) is 14.3. The lowest BCUT2D eigenvalue weighted by atomic mass is 9.93. The van der Waals surface area contributed by atoms with Gasteiger partial charge in [-0.05, 0) is 26.7 Å². The van der Waals surface area contributed by atoms with Crippen LogP contribution in [0, 0.1) is 5.92 Å². The van der Waals surface area contributed by atoms with Crippen molar-refractivity contribution in [2.45, 2.75) is 45.3 Å². The van der Waals surface area contributed by atoms with E-state index < -0.39 is 12.0 Å². The first kappa shape index (κ1) is 15.9. The van der Waals surface area contributed by atoms with Gasteiger partial charge in [-0.1, -0.05) is 0 Å². The third kappa shape index (κ3) is 6.02. The van der Waals surface area contributed by atoms with Crippen molar-refractivity contribution in [3.05, 3.63) is 0 Å². The summed E-state index contributed by atoms with van der Waals surface area (Å²) in [6.45, 7) is 5.13. The van der Waals surface area contributed by atoms with Gasteiger partial charge < -0.3 is 19.9 Å². The zero-order valence-electron chi connectivity index (χ0n) is 11.6. The van der Waals surface area contributed by atoms with Crippen molar-refractivity contribution < 1.29 is 24.2 Å². The number of nitrogens with one attached hydrogen (secondary N) is 1. The van der Waals surface area contributed by atoms with E-state index in [2.05, 4.69) is 5.32 Å². The predicted octanol–water partition coefficient (Wildman–Crippen LogP) is 0.797. The molecule has 2 atom stereocenters. The highest BCUT2D eigenvalue weighted by Gasteiger charge is 2.31. The maximum atomic E-state index is 11.7. The summed E-state index contributed by atoms with van der Waals surface area (Å²) in [6.07, 6.45) is 1.84. The van der Waals surface area contributed by atoms with Crippen LogP contribution in [-0.4, -0.2) is 48.9 Å². The number of amides is 1. The van der Waals surface area contributed by atoms with Crippen molar-refractivity contribution >= 4 is 11.9 Å². The van der Waals surface area contributed by atoms with Crippen LogP contribution in [0.25, 0.3) is 0 Å². The van der Waals surface area contributed by atoms with Crippen LogP contribution >= 0.6 is 0 Å². The van der Waals surface area contributed by atoms with Crippen LogP contribution in [0.15, 0.2) is 0 Å². The number of carboxylic acids is 1. The number of aliphatic carboxylic acids is 1. The van der Waals surface area contributed by atoms with Crippen molar-refractivity contribution in [2.75, 3.05) is 19.8 Å². The van der Waals surface area contributed by atoms with Gasteiger partial charge in [0.15, 0.2) is 0 Å². The van der Waals surface area contributed by atoms with E-state index >= 15 is 0 Å². The largest absolute Gasteiger partial charge is 0.480 e. The van der Waals surface area contributed by atoms with E-state index in [1.165, 1.54) is 0 Å². The van der Waals surface area contributed by atoms with E-state index in [0.29, 0.717) is 19.8 Å². The first-order valence-electron chi connectivity index (χ1n) is 6.72. The molecular formula is C13H23NO5. The molecule has 2 N–H and O–H groups in total. The Balaban J connectivity index is 2.39.